The summed E-state index contributed by atoms with van der Waals surface area (Å²) in [7, 11) is 0. The predicted molar refractivity (Wildman–Crippen MR) is 144 cm³/mol. The molecular formula is C32H37F2NO5. The molecule has 0 aromatic heterocycles. The summed E-state index contributed by atoms with van der Waals surface area (Å²) >= 11 is 0. The fourth-order valence-corrected chi connectivity index (χ4v) is 9.80. The Bertz CT molecular complexity index is 1360. The molecule has 1 aliphatic heterocycles. The fraction of sp³-hybridized carbons (Fsp3) is 0.625. The van der Waals surface area contributed by atoms with Gasteiger partial charge in [-0.05, 0) is 85.8 Å². The van der Waals surface area contributed by atoms with Crippen LogP contribution in [0.5, 0.6) is 0 Å². The Kier molecular flexibility index (Phi) is 5.37. The minimum Gasteiger partial charge on any atom is -0.390 e. The second kappa shape index (κ2) is 8.11. The van der Waals surface area contributed by atoms with Crippen LogP contribution in [0.3, 0.4) is 0 Å². The highest BCUT2D eigenvalue weighted by atomic mass is 19.1. The van der Waals surface area contributed by atoms with E-state index in [1.807, 2.05) is 26.0 Å². The molecule has 4 saturated carbocycles. The number of alkyl halides is 2. The second-order valence-corrected chi connectivity index (χ2v) is 13.8. The first kappa shape index (κ1) is 26.5. The molecule has 0 amide bonds. The van der Waals surface area contributed by atoms with Gasteiger partial charge in [-0.1, -0.05) is 32.1 Å². The standard InChI is InChI=1S/C32H37F2NO5/c1-28-11-10-22(37)12-23(28)24(33)13-25-29(2)14-20-16-35(21-8-6-19(7-9-21)18-4-5-18)40-32(20,27(39)17-36)30(29,3)15-26(38)31(25,28)34/h6-12,18,20,24-26,36,38H,4-5,13-17H2,1-3H3/t20-,24-,25-,26-,28-,29-,30-,31-,32-/m0/s1. The number of hydrogen-bond donors (Lipinski definition) is 2. The number of fused-ring (bicyclic) bond motifs is 7. The molecule has 0 radical (unpaired) electrons. The summed E-state index contributed by atoms with van der Waals surface area (Å²) < 4.78 is 33.6. The number of anilines is 1. The first-order valence-corrected chi connectivity index (χ1v) is 14.5. The SMILES string of the molecule is C[C@]12C[C@H](O)[C@@]3(F)[C@@H](C[C@H](F)C4=CC(=O)C=C[C@@]43C)[C@]1(C)C[C@H]1CN(c3ccc(C4CC4)cc3)O[C@]12C(=O)CO. The summed E-state index contributed by atoms with van der Waals surface area (Å²) in [5, 5.41) is 23.6. The number of hydrogen-bond acceptors (Lipinski definition) is 6. The van der Waals surface area contributed by atoms with Crippen LogP contribution in [0.2, 0.25) is 0 Å². The lowest BCUT2D eigenvalue weighted by Crippen LogP contribution is -2.73. The highest BCUT2D eigenvalue weighted by Gasteiger charge is 2.83. The molecule has 6 aliphatic rings. The van der Waals surface area contributed by atoms with E-state index in [-0.39, 0.29) is 24.2 Å². The predicted octanol–water partition coefficient (Wildman–Crippen LogP) is 4.55. The number of aliphatic hydroxyl groups excluding tert-OH is 2. The zero-order valence-electron chi connectivity index (χ0n) is 23.2. The largest absolute Gasteiger partial charge is 0.390 e. The number of ketones is 2. The lowest BCUT2D eigenvalue weighted by atomic mass is 9.39. The van der Waals surface area contributed by atoms with Crippen LogP contribution >= 0.6 is 0 Å². The molecule has 0 unspecified atom stereocenters. The molecule has 9 atom stereocenters. The molecule has 2 N–H and O–H groups in total. The van der Waals surface area contributed by atoms with Gasteiger partial charge in [-0.25, -0.2) is 8.78 Å². The van der Waals surface area contributed by atoms with Gasteiger partial charge in [0, 0.05) is 22.7 Å². The normalized spacial score (nSPS) is 47.3. The number of rotatable bonds is 4. The van der Waals surface area contributed by atoms with Gasteiger partial charge in [0.1, 0.15) is 12.8 Å². The van der Waals surface area contributed by atoms with E-state index in [9.17, 15) is 19.8 Å². The molecule has 0 spiro atoms. The summed E-state index contributed by atoms with van der Waals surface area (Å²) in [6.07, 6.45) is 3.20. The third kappa shape index (κ3) is 2.93. The van der Waals surface area contributed by atoms with Gasteiger partial charge in [0.2, 0.25) is 0 Å². The van der Waals surface area contributed by atoms with Crippen LogP contribution in [0.15, 0.2) is 48.1 Å². The summed E-state index contributed by atoms with van der Waals surface area (Å²) in [5.74, 6) is -1.63. The zero-order chi connectivity index (χ0) is 28.5. The molecule has 6 nitrogen and oxygen atoms in total. The topological polar surface area (TPSA) is 87.1 Å². The van der Waals surface area contributed by atoms with Crippen molar-refractivity contribution >= 4 is 17.3 Å². The lowest BCUT2D eigenvalue weighted by Gasteiger charge is -2.67. The van der Waals surface area contributed by atoms with Gasteiger partial charge in [0.25, 0.3) is 0 Å². The van der Waals surface area contributed by atoms with Crippen molar-refractivity contribution < 1.29 is 33.4 Å². The maximum absolute atomic E-state index is 17.7. The van der Waals surface area contributed by atoms with Crippen molar-refractivity contribution in [3.63, 3.8) is 0 Å². The summed E-state index contributed by atoms with van der Waals surface area (Å²) in [6, 6.07) is 8.12. The summed E-state index contributed by atoms with van der Waals surface area (Å²) in [5.41, 5.74) is -5.16. The number of nitrogens with zero attached hydrogens (tertiary/aromatic N) is 1. The Hall–Kier alpha value is -2.42. The molecule has 1 heterocycles. The Morgan fingerprint density at radius 3 is 2.50 bits per heavy atom. The molecule has 1 aromatic rings. The first-order chi connectivity index (χ1) is 18.9. The number of Topliss-reactive ketones (excluding diaryl/α,β-unsaturated/α-hetero) is 1. The summed E-state index contributed by atoms with van der Waals surface area (Å²) in [6.45, 7) is 4.94. The van der Waals surface area contributed by atoms with Crippen molar-refractivity contribution in [1.29, 1.82) is 0 Å². The average Bonchev–Trinajstić information content (AvgIpc) is 3.68. The van der Waals surface area contributed by atoms with Crippen LogP contribution in [-0.4, -0.2) is 58.5 Å². The average molecular weight is 554 g/mol. The van der Waals surface area contributed by atoms with Crippen LogP contribution in [0.4, 0.5) is 14.5 Å². The number of halogens is 2. The quantitative estimate of drug-likeness (QED) is 0.569. The Morgan fingerprint density at radius 1 is 1.15 bits per heavy atom. The lowest BCUT2D eigenvalue weighted by molar-refractivity contribution is -0.256. The third-order valence-corrected chi connectivity index (χ3v) is 12.2. The third-order valence-electron chi connectivity index (χ3n) is 12.2. The van der Waals surface area contributed by atoms with Gasteiger partial charge in [0.15, 0.2) is 22.8 Å². The number of aliphatic hydroxyl groups is 2. The molecular weight excluding hydrogens is 516 g/mol. The molecule has 5 fully saturated rings. The molecule has 40 heavy (non-hydrogen) atoms. The highest BCUT2D eigenvalue weighted by molar-refractivity contribution is 6.01. The van der Waals surface area contributed by atoms with E-state index in [4.69, 9.17) is 4.84 Å². The zero-order valence-corrected chi connectivity index (χ0v) is 23.2. The van der Waals surface area contributed by atoms with E-state index in [2.05, 4.69) is 12.1 Å². The minimum atomic E-state index is -2.26. The maximum Gasteiger partial charge on any atom is 0.193 e. The van der Waals surface area contributed by atoms with Gasteiger partial charge < -0.3 is 10.2 Å². The van der Waals surface area contributed by atoms with Crippen LogP contribution < -0.4 is 5.06 Å². The summed E-state index contributed by atoms with van der Waals surface area (Å²) in [4.78, 5) is 32.5. The Balaban J connectivity index is 1.31. The number of carbonyl (C=O) groups excluding carboxylic acids is 2. The van der Waals surface area contributed by atoms with Gasteiger partial charge in [-0.3, -0.25) is 19.5 Å². The molecule has 214 valence electrons. The Morgan fingerprint density at radius 2 is 1.85 bits per heavy atom. The van der Waals surface area contributed by atoms with E-state index >= 15 is 8.78 Å². The number of benzene rings is 1. The molecule has 8 heteroatoms. The van der Waals surface area contributed by atoms with Gasteiger partial charge in [-0.2, -0.15) is 0 Å². The van der Waals surface area contributed by atoms with Crippen molar-refractivity contribution in [1.82, 2.24) is 0 Å². The van der Waals surface area contributed by atoms with Gasteiger partial charge in [0.05, 0.1) is 18.3 Å². The van der Waals surface area contributed by atoms with E-state index in [1.165, 1.54) is 36.6 Å². The van der Waals surface area contributed by atoms with Crippen molar-refractivity contribution in [2.75, 3.05) is 18.2 Å². The second-order valence-electron chi connectivity index (χ2n) is 13.8. The van der Waals surface area contributed by atoms with Crippen molar-refractivity contribution in [3.8, 4) is 0 Å². The minimum absolute atomic E-state index is 0.0708. The maximum atomic E-state index is 17.7. The van der Waals surface area contributed by atoms with Crippen LogP contribution in [0.1, 0.15) is 64.4 Å². The fourth-order valence-electron chi connectivity index (χ4n) is 9.80. The smallest absolute Gasteiger partial charge is 0.193 e. The molecule has 7 rings (SSSR count). The van der Waals surface area contributed by atoms with Crippen LogP contribution in [0, 0.1) is 28.1 Å². The number of carbonyl (C=O) groups is 2. The van der Waals surface area contributed by atoms with Crippen molar-refractivity contribution in [3.05, 3.63) is 53.6 Å². The van der Waals surface area contributed by atoms with E-state index in [1.54, 1.807) is 12.0 Å². The molecule has 1 aromatic carbocycles. The van der Waals surface area contributed by atoms with Gasteiger partial charge in [-0.15, -0.1) is 0 Å². The van der Waals surface area contributed by atoms with Crippen LogP contribution in [-0.2, 0) is 14.4 Å². The Labute approximate surface area is 233 Å². The number of hydroxylamine groups is 1. The molecule has 1 saturated heterocycles. The van der Waals surface area contributed by atoms with Crippen molar-refractivity contribution in [2.24, 2.45) is 28.1 Å². The van der Waals surface area contributed by atoms with Crippen molar-refractivity contribution in [2.45, 2.75) is 82.3 Å². The number of allylic oxidation sites excluding steroid dienone is 4. The van der Waals surface area contributed by atoms with Gasteiger partial charge >= 0.3 is 0 Å². The van der Waals surface area contributed by atoms with Crippen LogP contribution in [0.25, 0.3) is 0 Å². The first-order valence-electron chi connectivity index (χ1n) is 14.5. The molecule has 5 aliphatic carbocycles. The molecule has 0 bridgehead atoms. The monoisotopic (exact) mass is 553 g/mol. The van der Waals surface area contributed by atoms with E-state index < -0.39 is 64.0 Å². The van der Waals surface area contributed by atoms with E-state index in [0.717, 1.165) is 5.69 Å². The van der Waals surface area contributed by atoms with E-state index in [0.29, 0.717) is 18.9 Å². The highest BCUT2D eigenvalue weighted by Crippen LogP contribution is 2.77.